The van der Waals surface area contributed by atoms with E-state index in [-0.39, 0.29) is 11.8 Å². The van der Waals surface area contributed by atoms with Gasteiger partial charge in [-0.2, -0.15) is 0 Å². The molecule has 5 heteroatoms. The number of rotatable bonds is 2. The topological polar surface area (TPSA) is 46.3 Å². The Kier molecular flexibility index (Phi) is 3.72. The molecule has 1 aliphatic heterocycles. The van der Waals surface area contributed by atoms with Crippen LogP contribution in [-0.4, -0.2) is 28.9 Å². The second-order valence-corrected chi connectivity index (χ2v) is 6.70. The Morgan fingerprint density at radius 2 is 2.20 bits per heavy atom. The van der Waals surface area contributed by atoms with Crippen LogP contribution in [0.1, 0.15) is 22.5 Å². The van der Waals surface area contributed by atoms with Gasteiger partial charge in [0.05, 0.1) is 9.87 Å². The zero-order valence-electron chi connectivity index (χ0n) is 11.0. The molecule has 1 fully saturated rings. The highest BCUT2D eigenvalue weighted by Crippen LogP contribution is 2.27. The van der Waals surface area contributed by atoms with Gasteiger partial charge in [-0.3, -0.25) is 4.79 Å². The first-order chi connectivity index (χ1) is 9.65. The minimum atomic E-state index is 0.104. The highest BCUT2D eigenvalue weighted by molar-refractivity contribution is 7.80. The second kappa shape index (κ2) is 5.50. The highest BCUT2D eigenvalue weighted by atomic mass is 32.1. The first kappa shape index (κ1) is 13.5. The Balaban J connectivity index is 1.82. The van der Waals surface area contributed by atoms with Crippen molar-refractivity contribution in [2.45, 2.75) is 12.8 Å². The fourth-order valence-electron chi connectivity index (χ4n) is 2.64. The fourth-order valence-corrected chi connectivity index (χ4v) is 3.86. The van der Waals surface area contributed by atoms with Crippen molar-refractivity contribution in [3.8, 4) is 0 Å². The first-order valence-electron chi connectivity index (χ1n) is 6.72. The normalized spacial score (nSPS) is 19.2. The largest absolute Gasteiger partial charge is 0.393 e. The van der Waals surface area contributed by atoms with Crippen LogP contribution in [0.2, 0.25) is 0 Å². The van der Waals surface area contributed by atoms with Gasteiger partial charge < -0.3 is 10.6 Å². The average Bonchev–Trinajstić information content (AvgIpc) is 2.90. The molecule has 3 nitrogen and oxygen atoms in total. The van der Waals surface area contributed by atoms with Crippen LogP contribution in [0.25, 0.3) is 10.1 Å². The average molecular weight is 304 g/mol. The van der Waals surface area contributed by atoms with E-state index in [2.05, 4.69) is 0 Å². The van der Waals surface area contributed by atoms with Gasteiger partial charge in [-0.15, -0.1) is 11.3 Å². The van der Waals surface area contributed by atoms with Gasteiger partial charge in [0.2, 0.25) is 0 Å². The number of nitrogens with two attached hydrogens (primary N) is 1. The number of likely N-dealkylation sites (tertiary alicyclic amines) is 1. The molecule has 0 aliphatic carbocycles. The molecule has 2 aromatic rings. The van der Waals surface area contributed by atoms with Crippen molar-refractivity contribution in [2.75, 3.05) is 13.1 Å². The summed E-state index contributed by atoms with van der Waals surface area (Å²) in [5.74, 6) is 0.268. The number of nitrogens with zero attached hydrogens (tertiary/aromatic N) is 1. The maximum Gasteiger partial charge on any atom is 0.263 e. The predicted molar refractivity (Wildman–Crippen MR) is 87.2 cm³/mol. The van der Waals surface area contributed by atoms with Gasteiger partial charge >= 0.3 is 0 Å². The summed E-state index contributed by atoms with van der Waals surface area (Å²) >= 11 is 6.62. The Hall–Kier alpha value is -1.46. The summed E-state index contributed by atoms with van der Waals surface area (Å²) in [6.45, 7) is 1.45. The van der Waals surface area contributed by atoms with E-state index in [0.29, 0.717) is 11.5 Å². The zero-order valence-corrected chi connectivity index (χ0v) is 12.7. The molecule has 104 valence electrons. The molecule has 1 aromatic heterocycles. The van der Waals surface area contributed by atoms with Crippen LogP contribution in [0.3, 0.4) is 0 Å². The van der Waals surface area contributed by atoms with Crippen molar-refractivity contribution in [1.82, 2.24) is 4.90 Å². The van der Waals surface area contributed by atoms with E-state index in [1.165, 1.54) is 0 Å². The molecule has 0 spiro atoms. The van der Waals surface area contributed by atoms with Crippen molar-refractivity contribution in [1.29, 1.82) is 0 Å². The van der Waals surface area contributed by atoms with Crippen LogP contribution in [-0.2, 0) is 0 Å². The summed E-state index contributed by atoms with van der Waals surface area (Å²) in [4.78, 5) is 15.8. The highest BCUT2D eigenvalue weighted by Gasteiger charge is 2.26. The van der Waals surface area contributed by atoms with Gasteiger partial charge in [-0.05, 0) is 30.4 Å². The lowest BCUT2D eigenvalue weighted by Gasteiger charge is -2.31. The lowest BCUT2D eigenvalue weighted by Crippen LogP contribution is -2.43. The van der Waals surface area contributed by atoms with Crippen LogP contribution < -0.4 is 5.73 Å². The molecule has 1 atom stereocenters. The number of fused-ring (bicyclic) bond motifs is 1. The number of benzene rings is 1. The monoisotopic (exact) mass is 304 g/mol. The summed E-state index contributed by atoms with van der Waals surface area (Å²) < 4.78 is 1.15. The fraction of sp³-hybridized carbons (Fsp3) is 0.333. The SMILES string of the molecule is NC(=S)C1CCCN(C(=O)c2cc3ccccc3s2)C1. The van der Waals surface area contributed by atoms with Gasteiger partial charge in [0.1, 0.15) is 0 Å². The lowest BCUT2D eigenvalue weighted by atomic mass is 9.98. The van der Waals surface area contributed by atoms with E-state index in [4.69, 9.17) is 18.0 Å². The van der Waals surface area contributed by atoms with Crippen LogP contribution in [0.4, 0.5) is 0 Å². The Morgan fingerprint density at radius 1 is 1.40 bits per heavy atom. The van der Waals surface area contributed by atoms with Gasteiger partial charge in [-0.25, -0.2) is 0 Å². The van der Waals surface area contributed by atoms with Gasteiger partial charge in [0.25, 0.3) is 5.91 Å². The van der Waals surface area contributed by atoms with E-state index in [9.17, 15) is 4.79 Å². The van der Waals surface area contributed by atoms with Crippen molar-refractivity contribution in [2.24, 2.45) is 11.7 Å². The molecule has 1 aromatic carbocycles. The smallest absolute Gasteiger partial charge is 0.263 e. The van der Waals surface area contributed by atoms with Gasteiger partial charge in [0, 0.05) is 23.7 Å². The van der Waals surface area contributed by atoms with Gasteiger partial charge in [0.15, 0.2) is 0 Å². The summed E-state index contributed by atoms with van der Waals surface area (Å²) in [5, 5.41) is 1.13. The number of amides is 1. The molecule has 1 saturated heterocycles. The van der Waals surface area contributed by atoms with E-state index in [1.54, 1.807) is 11.3 Å². The molecular weight excluding hydrogens is 288 g/mol. The number of carbonyl (C=O) groups excluding carboxylic acids is 1. The minimum Gasteiger partial charge on any atom is -0.393 e. The molecule has 2 heterocycles. The number of thiocarbonyl (C=S) groups is 1. The Bertz CT molecular complexity index is 632. The number of piperidine rings is 1. The van der Waals surface area contributed by atoms with Crippen molar-refractivity contribution in [3.63, 3.8) is 0 Å². The summed E-state index contributed by atoms with van der Waals surface area (Å²) in [5.41, 5.74) is 5.73. The van der Waals surface area contributed by atoms with Crippen molar-refractivity contribution in [3.05, 3.63) is 35.2 Å². The maximum absolute atomic E-state index is 12.6. The van der Waals surface area contributed by atoms with E-state index in [0.717, 1.165) is 34.3 Å². The number of carbonyl (C=O) groups is 1. The number of thiophene rings is 1. The van der Waals surface area contributed by atoms with Crippen LogP contribution in [0.5, 0.6) is 0 Å². The number of hydrogen-bond donors (Lipinski definition) is 1. The third kappa shape index (κ3) is 2.55. The molecule has 2 N–H and O–H groups in total. The van der Waals surface area contributed by atoms with Crippen LogP contribution in [0, 0.1) is 5.92 Å². The summed E-state index contributed by atoms with van der Waals surface area (Å²) in [7, 11) is 0. The molecule has 0 saturated carbocycles. The number of hydrogen-bond acceptors (Lipinski definition) is 3. The van der Waals surface area contributed by atoms with Crippen molar-refractivity contribution >= 4 is 44.5 Å². The Labute approximate surface area is 127 Å². The first-order valence-corrected chi connectivity index (χ1v) is 7.95. The van der Waals surface area contributed by atoms with E-state index < -0.39 is 0 Å². The molecule has 0 bridgehead atoms. The van der Waals surface area contributed by atoms with Crippen LogP contribution in [0.15, 0.2) is 30.3 Å². The quantitative estimate of drug-likeness (QED) is 0.868. The van der Waals surface area contributed by atoms with Gasteiger partial charge in [-0.1, -0.05) is 30.4 Å². The molecule has 1 amide bonds. The zero-order chi connectivity index (χ0) is 14.1. The van der Waals surface area contributed by atoms with E-state index >= 15 is 0 Å². The third-order valence-corrected chi connectivity index (χ3v) is 5.18. The van der Waals surface area contributed by atoms with Crippen LogP contribution >= 0.6 is 23.6 Å². The predicted octanol–water partition coefficient (Wildman–Crippen LogP) is 3.04. The second-order valence-electron chi connectivity index (χ2n) is 5.14. The van der Waals surface area contributed by atoms with Crippen molar-refractivity contribution < 1.29 is 4.79 Å². The molecule has 1 unspecified atom stereocenters. The molecule has 3 rings (SSSR count). The molecule has 20 heavy (non-hydrogen) atoms. The summed E-state index contributed by atoms with van der Waals surface area (Å²) in [6.07, 6.45) is 1.96. The summed E-state index contributed by atoms with van der Waals surface area (Å²) in [6, 6.07) is 10.1. The van der Waals surface area contributed by atoms with E-state index in [1.807, 2.05) is 35.2 Å². The minimum absolute atomic E-state index is 0.104. The third-order valence-electron chi connectivity index (χ3n) is 3.75. The Morgan fingerprint density at radius 3 is 2.95 bits per heavy atom. The standard InChI is InChI=1S/C15H16N2OS2/c16-14(19)11-5-3-7-17(9-11)15(18)13-8-10-4-1-2-6-12(10)20-13/h1-2,4,6,8,11H,3,5,7,9H2,(H2,16,19). The molecular formula is C15H16N2OS2. The lowest BCUT2D eigenvalue weighted by molar-refractivity contribution is 0.0708. The maximum atomic E-state index is 12.6. The molecule has 1 aliphatic rings. The molecule has 0 radical (unpaired) electrons.